The normalized spacial score (nSPS) is 19.8. The summed E-state index contributed by atoms with van der Waals surface area (Å²) in [5, 5.41) is 12.2. The number of fused-ring (bicyclic) bond motifs is 3. The second-order valence-corrected chi connectivity index (χ2v) is 9.54. The number of carboxylic acids is 1. The van der Waals surface area contributed by atoms with Crippen molar-refractivity contribution in [1.82, 2.24) is 10.2 Å². The van der Waals surface area contributed by atoms with E-state index < -0.39 is 30.1 Å². The Morgan fingerprint density at radius 2 is 1.63 bits per heavy atom. The molecule has 2 aromatic carbocycles. The predicted octanol–water partition coefficient (Wildman–Crippen LogP) is 3.50. The van der Waals surface area contributed by atoms with Gasteiger partial charge < -0.3 is 24.8 Å². The van der Waals surface area contributed by atoms with Crippen LogP contribution in [0.2, 0.25) is 0 Å². The predicted molar refractivity (Wildman–Crippen MR) is 130 cm³/mol. The Morgan fingerprint density at radius 3 is 2.14 bits per heavy atom. The van der Waals surface area contributed by atoms with Crippen molar-refractivity contribution < 1.29 is 29.0 Å². The molecule has 2 aliphatic rings. The van der Waals surface area contributed by atoms with Gasteiger partial charge in [0.1, 0.15) is 12.5 Å². The number of alkyl carbamates (subject to hydrolysis) is 1. The fourth-order valence-electron chi connectivity index (χ4n) is 5.02. The molecular weight excluding hydrogens is 448 g/mol. The van der Waals surface area contributed by atoms with Crippen molar-refractivity contribution in [3.63, 3.8) is 0 Å². The summed E-state index contributed by atoms with van der Waals surface area (Å²) in [4.78, 5) is 38.6. The lowest BCUT2D eigenvalue weighted by molar-refractivity contribution is -0.144. The average molecular weight is 481 g/mol. The molecule has 8 nitrogen and oxygen atoms in total. The largest absolute Gasteiger partial charge is 0.481 e. The van der Waals surface area contributed by atoms with Crippen molar-refractivity contribution in [1.29, 1.82) is 0 Å². The molecule has 2 unspecified atom stereocenters. The quantitative estimate of drug-likeness (QED) is 0.599. The van der Waals surface area contributed by atoms with Crippen molar-refractivity contribution in [2.45, 2.75) is 38.3 Å². The first-order chi connectivity index (χ1) is 16.8. The molecule has 35 heavy (non-hydrogen) atoms. The van der Waals surface area contributed by atoms with Gasteiger partial charge in [0.2, 0.25) is 5.91 Å². The van der Waals surface area contributed by atoms with Gasteiger partial charge in [-0.25, -0.2) is 4.79 Å². The number of hydrogen-bond donors (Lipinski definition) is 2. The zero-order valence-corrected chi connectivity index (χ0v) is 20.3. The topological polar surface area (TPSA) is 105 Å². The molecule has 0 saturated carbocycles. The smallest absolute Gasteiger partial charge is 0.407 e. The van der Waals surface area contributed by atoms with E-state index >= 15 is 0 Å². The van der Waals surface area contributed by atoms with Crippen LogP contribution in [0.4, 0.5) is 4.79 Å². The van der Waals surface area contributed by atoms with Crippen molar-refractivity contribution in [3.05, 3.63) is 59.7 Å². The minimum atomic E-state index is -0.982. The number of nitrogens with one attached hydrogen (secondary N) is 1. The summed E-state index contributed by atoms with van der Waals surface area (Å²) in [5.41, 5.74) is 4.57. The number of benzene rings is 2. The van der Waals surface area contributed by atoms with Crippen LogP contribution in [0.3, 0.4) is 0 Å². The lowest BCUT2D eigenvalue weighted by Crippen LogP contribution is -2.43. The minimum absolute atomic E-state index is 0.0180. The number of rotatable bonds is 8. The van der Waals surface area contributed by atoms with Gasteiger partial charge in [0.15, 0.2) is 0 Å². The summed E-state index contributed by atoms with van der Waals surface area (Å²) >= 11 is 0. The number of methoxy groups -OCH3 is 1. The van der Waals surface area contributed by atoms with Crippen molar-refractivity contribution in [3.8, 4) is 11.1 Å². The Morgan fingerprint density at radius 1 is 1.03 bits per heavy atom. The van der Waals surface area contributed by atoms with Gasteiger partial charge in [0, 0.05) is 38.6 Å². The zero-order valence-electron chi connectivity index (χ0n) is 20.3. The maximum Gasteiger partial charge on any atom is 0.407 e. The molecule has 186 valence electrons. The first-order valence-corrected chi connectivity index (χ1v) is 11.9. The standard InChI is InChI=1S/C27H32N2O6/c1-16(2)23(12-25(30)29-13-21(26(31)32)24(14-29)34-3)28-27(33)35-15-22-19-10-6-4-8-17(19)18-9-5-7-11-20(18)22/h4-11,16,21-24H,12-15H2,1-3H3,(H,28,33)(H,31,32)/t21?,23-,24?/m0/s1. The van der Waals surface area contributed by atoms with Crippen LogP contribution in [-0.4, -0.2) is 66.9 Å². The van der Waals surface area contributed by atoms with Crippen LogP contribution in [0.1, 0.15) is 37.3 Å². The van der Waals surface area contributed by atoms with Gasteiger partial charge in [-0.15, -0.1) is 0 Å². The van der Waals surface area contributed by atoms with Crippen LogP contribution < -0.4 is 5.32 Å². The number of aliphatic carboxylic acids is 1. The molecule has 2 aromatic rings. The molecule has 1 heterocycles. The van der Waals surface area contributed by atoms with Crippen LogP contribution in [0.25, 0.3) is 11.1 Å². The second kappa shape index (κ2) is 10.5. The highest BCUT2D eigenvalue weighted by molar-refractivity contribution is 5.81. The molecule has 1 aliphatic heterocycles. The number of carboxylic acid groups (broad SMARTS) is 1. The van der Waals surface area contributed by atoms with Crippen molar-refractivity contribution >= 4 is 18.0 Å². The van der Waals surface area contributed by atoms with Gasteiger partial charge in [-0.3, -0.25) is 9.59 Å². The highest BCUT2D eigenvalue weighted by atomic mass is 16.5. The first-order valence-electron chi connectivity index (χ1n) is 11.9. The van der Waals surface area contributed by atoms with E-state index in [1.807, 2.05) is 38.1 Å². The van der Waals surface area contributed by atoms with Gasteiger partial charge in [-0.1, -0.05) is 62.4 Å². The summed E-state index contributed by atoms with van der Waals surface area (Å²) in [6, 6.07) is 15.8. The van der Waals surface area contributed by atoms with E-state index in [9.17, 15) is 19.5 Å². The van der Waals surface area contributed by atoms with E-state index in [1.165, 1.54) is 12.0 Å². The first kappa shape index (κ1) is 24.7. The van der Waals surface area contributed by atoms with Gasteiger partial charge in [-0.2, -0.15) is 0 Å². The fourth-order valence-corrected chi connectivity index (χ4v) is 5.02. The number of carbonyl (C=O) groups is 3. The van der Waals surface area contributed by atoms with Gasteiger partial charge in [0.05, 0.1) is 6.10 Å². The molecule has 1 saturated heterocycles. The molecule has 3 atom stereocenters. The van der Waals surface area contributed by atoms with Crippen LogP contribution in [0.15, 0.2) is 48.5 Å². The summed E-state index contributed by atoms with van der Waals surface area (Å²) in [5.74, 6) is -2.01. The van der Waals surface area contributed by atoms with Gasteiger partial charge >= 0.3 is 12.1 Å². The molecule has 4 rings (SSSR count). The third-order valence-corrected chi connectivity index (χ3v) is 7.09. The number of nitrogens with zero attached hydrogens (tertiary/aromatic N) is 1. The molecule has 1 fully saturated rings. The molecular formula is C27H32N2O6. The van der Waals surface area contributed by atoms with E-state index in [0.29, 0.717) is 0 Å². The van der Waals surface area contributed by atoms with Gasteiger partial charge in [-0.05, 0) is 28.2 Å². The highest BCUT2D eigenvalue weighted by Gasteiger charge is 2.40. The van der Waals surface area contributed by atoms with Crippen LogP contribution in [0, 0.1) is 11.8 Å². The maximum atomic E-state index is 12.9. The Hall–Kier alpha value is -3.39. The fraction of sp³-hybridized carbons (Fsp3) is 0.444. The summed E-state index contributed by atoms with van der Waals surface area (Å²) < 4.78 is 10.9. The number of hydrogen-bond acceptors (Lipinski definition) is 5. The Labute approximate surface area is 205 Å². The summed E-state index contributed by atoms with van der Waals surface area (Å²) in [6.07, 6.45) is -1.05. The Balaban J connectivity index is 1.36. The van der Waals surface area contributed by atoms with E-state index in [-0.39, 0.29) is 43.9 Å². The number of ether oxygens (including phenoxy) is 2. The van der Waals surface area contributed by atoms with E-state index in [0.717, 1.165) is 22.3 Å². The minimum Gasteiger partial charge on any atom is -0.481 e. The number of amides is 2. The highest BCUT2D eigenvalue weighted by Crippen LogP contribution is 2.44. The van der Waals surface area contributed by atoms with Crippen LogP contribution in [0.5, 0.6) is 0 Å². The lowest BCUT2D eigenvalue weighted by atomic mass is 9.98. The van der Waals surface area contributed by atoms with E-state index in [2.05, 4.69) is 29.6 Å². The molecule has 0 radical (unpaired) electrons. The molecule has 1 aliphatic carbocycles. The van der Waals surface area contributed by atoms with Gasteiger partial charge in [0.25, 0.3) is 0 Å². The summed E-state index contributed by atoms with van der Waals surface area (Å²) in [6.45, 7) is 4.36. The molecule has 2 N–H and O–H groups in total. The van der Waals surface area contributed by atoms with E-state index in [1.54, 1.807) is 0 Å². The van der Waals surface area contributed by atoms with Crippen LogP contribution in [-0.2, 0) is 19.1 Å². The third kappa shape index (κ3) is 5.17. The zero-order chi connectivity index (χ0) is 25.1. The molecule has 0 spiro atoms. The molecule has 8 heteroatoms. The number of carbonyl (C=O) groups excluding carboxylic acids is 2. The maximum absolute atomic E-state index is 12.9. The summed E-state index contributed by atoms with van der Waals surface area (Å²) in [7, 11) is 1.45. The molecule has 0 aromatic heterocycles. The van der Waals surface area contributed by atoms with Crippen LogP contribution >= 0.6 is 0 Å². The van der Waals surface area contributed by atoms with E-state index in [4.69, 9.17) is 9.47 Å². The molecule has 2 amide bonds. The SMILES string of the molecule is COC1CN(C(=O)C[C@H](NC(=O)OCC2c3ccccc3-c3ccccc32)C(C)C)CC1C(=O)O. The molecule has 0 bridgehead atoms. The Kier molecular flexibility index (Phi) is 7.40. The van der Waals surface area contributed by atoms with Crippen molar-refractivity contribution in [2.75, 3.05) is 26.8 Å². The number of likely N-dealkylation sites (tertiary alicyclic amines) is 1. The third-order valence-electron chi connectivity index (χ3n) is 7.09. The lowest BCUT2D eigenvalue weighted by Gasteiger charge is -2.25. The second-order valence-electron chi connectivity index (χ2n) is 9.54. The Bertz CT molecular complexity index is 1060. The average Bonchev–Trinajstić information content (AvgIpc) is 3.42. The monoisotopic (exact) mass is 480 g/mol. The van der Waals surface area contributed by atoms with Crippen molar-refractivity contribution in [2.24, 2.45) is 11.8 Å².